The highest BCUT2D eigenvalue weighted by Crippen LogP contribution is 2.20. The van der Waals surface area contributed by atoms with Gasteiger partial charge >= 0.3 is 17.9 Å². The van der Waals surface area contributed by atoms with Crippen LogP contribution in [0.25, 0.3) is 0 Å². The average Bonchev–Trinajstić information content (AvgIpc) is 2.59. The first-order chi connectivity index (χ1) is 47.1. The molecule has 0 aliphatic heterocycles. The second kappa shape index (κ2) is 77.2. The molecule has 0 aliphatic rings. The maximum absolute atomic E-state index is 13.0. The van der Waals surface area contributed by atoms with Crippen molar-refractivity contribution in [1.29, 1.82) is 0 Å². The monoisotopic (exact) mass is 1350 g/mol. The van der Waals surface area contributed by atoms with Gasteiger partial charge in [0.05, 0.1) is 34.4 Å². The van der Waals surface area contributed by atoms with E-state index in [0.717, 1.165) is 89.9 Å². The van der Waals surface area contributed by atoms with Gasteiger partial charge in [0.2, 0.25) is 0 Å². The van der Waals surface area contributed by atoms with E-state index in [0.29, 0.717) is 23.9 Å². The molecule has 0 rings (SSSR count). The molecule has 0 bridgehead atoms. The smallest absolute Gasteiger partial charge is 0.361 e. The molecule has 0 radical (unpaired) electrons. The lowest BCUT2D eigenvalue weighted by Crippen LogP contribution is -2.40. The lowest BCUT2D eigenvalue weighted by atomic mass is 10.0. The summed E-state index contributed by atoms with van der Waals surface area (Å²) in [6.07, 6.45) is 103. The average molecular weight is 1350 g/mol. The van der Waals surface area contributed by atoms with Crippen LogP contribution in [-0.4, -0.2) is 87.4 Å². The third kappa shape index (κ3) is 77.8. The number of carbonyl (C=O) groups excluding carboxylic acids is 2. The third-order valence-electron chi connectivity index (χ3n) is 18.4. The molecule has 0 aromatic carbocycles. The molecule has 2 unspecified atom stereocenters. The summed E-state index contributed by atoms with van der Waals surface area (Å²) < 4.78 is 23.0. The van der Waals surface area contributed by atoms with E-state index in [1.165, 1.54) is 270 Å². The lowest BCUT2D eigenvalue weighted by molar-refractivity contribution is -0.870. The van der Waals surface area contributed by atoms with Crippen molar-refractivity contribution in [2.24, 2.45) is 0 Å². The summed E-state index contributed by atoms with van der Waals surface area (Å²) in [6.45, 7) is 4.81. The molecule has 1 N–H and O–H groups in total. The van der Waals surface area contributed by atoms with Crippen LogP contribution in [-0.2, 0) is 33.3 Å². The topological polar surface area (TPSA) is 108 Å². The van der Waals surface area contributed by atoms with Crippen LogP contribution in [0.4, 0.5) is 0 Å². The van der Waals surface area contributed by atoms with Crippen molar-refractivity contribution in [2.45, 2.75) is 405 Å². The Kier molecular flexibility index (Phi) is 74.4. The van der Waals surface area contributed by atoms with Gasteiger partial charge in [-0.15, -0.1) is 0 Å². The number of aliphatic carboxylic acids is 1. The molecule has 0 amide bonds. The van der Waals surface area contributed by atoms with Crippen molar-refractivity contribution in [3.8, 4) is 0 Å². The van der Waals surface area contributed by atoms with E-state index < -0.39 is 24.3 Å². The zero-order valence-corrected chi connectivity index (χ0v) is 64.0. The minimum absolute atomic E-state index is 0.184. The molecule has 9 nitrogen and oxygen atoms in total. The van der Waals surface area contributed by atoms with Gasteiger partial charge in [-0.25, -0.2) is 4.79 Å². The molecule has 9 heteroatoms. The summed E-state index contributed by atoms with van der Waals surface area (Å²) in [5.74, 6) is -2.00. The highest BCUT2D eigenvalue weighted by molar-refractivity contribution is 5.71. The molecule has 0 saturated heterocycles. The SMILES string of the molecule is CC/C=C\C/C=C\C/C=C\C/C=C\C/C=C\C/C=C\C/C=C\CCCCCCCCCCCC(=O)OC(COC(=O)CCCCCCCCCCCCCCCCCCCCCCCCCCCCCCCCCCCCCCCCCC)COC(OCC[N+](C)(C)C)C(=O)O. The number of quaternary nitrogens is 1. The van der Waals surface area contributed by atoms with Crippen LogP contribution in [0.1, 0.15) is 393 Å². The predicted molar refractivity (Wildman–Crippen MR) is 415 cm³/mol. The molecular formula is C87H158NO8+. The summed E-state index contributed by atoms with van der Waals surface area (Å²) in [4.78, 5) is 37.7. The Bertz CT molecular complexity index is 1860. The number of carboxylic acids is 1. The highest BCUT2D eigenvalue weighted by atomic mass is 16.7. The normalized spacial score (nSPS) is 13.1. The Labute approximate surface area is 595 Å². The summed E-state index contributed by atoms with van der Waals surface area (Å²) in [7, 11) is 5.99. The first-order valence-electron chi connectivity index (χ1n) is 41.3. The molecule has 0 aromatic heterocycles. The molecule has 0 fully saturated rings. The molecule has 558 valence electrons. The van der Waals surface area contributed by atoms with Gasteiger partial charge in [-0.05, 0) is 70.6 Å². The van der Waals surface area contributed by atoms with Crippen LogP contribution < -0.4 is 0 Å². The fourth-order valence-electron chi connectivity index (χ4n) is 12.2. The summed E-state index contributed by atoms with van der Waals surface area (Å²) >= 11 is 0. The number of esters is 2. The Hall–Kier alpha value is -3.53. The van der Waals surface area contributed by atoms with Crippen molar-refractivity contribution < 1.29 is 42.9 Å². The van der Waals surface area contributed by atoms with Gasteiger partial charge in [-0.2, -0.15) is 0 Å². The number of likely N-dealkylation sites (N-methyl/N-ethyl adjacent to an activating group) is 1. The summed E-state index contributed by atoms with van der Waals surface area (Å²) in [6, 6.07) is 0. The first-order valence-corrected chi connectivity index (χ1v) is 41.3. The van der Waals surface area contributed by atoms with Crippen LogP contribution in [0.15, 0.2) is 85.1 Å². The van der Waals surface area contributed by atoms with Crippen molar-refractivity contribution in [2.75, 3.05) is 47.5 Å². The zero-order chi connectivity index (χ0) is 69.7. The third-order valence-corrected chi connectivity index (χ3v) is 18.4. The van der Waals surface area contributed by atoms with Crippen molar-refractivity contribution in [3.63, 3.8) is 0 Å². The number of unbranched alkanes of at least 4 members (excludes halogenated alkanes) is 48. The van der Waals surface area contributed by atoms with Gasteiger partial charge in [-0.3, -0.25) is 9.59 Å². The van der Waals surface area contributed by atoms with Crippen molar-refractivity contribution in [1.82, 2.24) is 0 Å². The molecule has 0 spiro atoms. The maximum atomic E-state index is 13.0. The number of ether oxygens (including phenoxy) is 4. The summed E-state index contributed by atoms with van der Waals surface area (Å²) in [5.41, 5.74) is 0. The summed E-state index contributed by atoms with van der Waals surface area (Å²) in [5, 5.41) is 9.77. The van der Waals surface area contributed by atoms with E-state index in [9.17, 15) is 19.5 Å². The fraction of sp³-hybridized carbons (Fsp3) is 0.805. The highest BCUT2D eigenvalue weighted by Gasteiger charge is 2.25. The second-order valence-electron chi connectivity index (χ2n) is 29.1. The largest absolute Gasteiger partial charge is 0.477 e. The van der Waals surface area contributed by atoms with Crippen molar-refractivity contribution >= 4 is 17.9 Å². The van der Waals surface area contributed by atoms with Crippen molar-refractivity contribution in [3.05, 3.63) is 85.1 Å². The molecular weight excluding hydrogens is 1190 g/mol. The number of hydrogen-bond donors (Lipinski definition) is 1. The van der Waals surface area contributed by atoms with Crippen LogP contribution in [0.2, 0.25) is 0 Å². The molecule has 0 saturated carbocycles. The van der Waals surface area contributed by atoms with Crippen LogP contribution in [0, 0.1) is 0 Å². The number of carbonyl (C=O) groups is 3. The zero-order valence-electron chi connectivity index (χ0n) is 64.0. The number of hydrogen-bond acceptors (Lipinski definition) is 7. The van der Waals surface area contributed by atoms with Crippen LogP contribution >= 0.6 is 0 Å². The molecule has 96 heavy (non-hydrogen) atoms. The molecule has 0 aromatic rings. The van der Waals surface area contributed by atoms with E-state index in [1.54, 1.807) is 0 Å². The van der Waals surface area contributed by atoms with Gasteiger partial charge in [0, 0.05) is 12.8 Å². The molecule has 2 atom stereocenters. The molecule has 0 aliphatic carbocycles. The quantitative estimate of drug-likeness (QED) is 0.0211. The van der Waals surface area contributed by atoms with E-state index in [2.05, 4.69) is 98.9 Å². The maximum Gasteiger partial charge on any atom is 0.361 e. The van der Waals surface area contributed by atoms with Gasteiger partial charge in [-0.1, -0.05) is 394 Å². The first kappa shape index (κ1) is 92.5. The van der Waals surface area contributed by atoms with Gasteiger partial charge < -0.3 is 28.5 Å². The standard InChI is InChI=1S/C87H157NO8/c1-6-8-10-12-14-16-18-20-22-24-26-28-30-32-34-36-38-39-40-41-42-43-44-45-46-48-49-51-53-55-57-59-61-63-65-67-69-71-73-75-77-84(89)94-81-83(82-95-87(86(91)92)93-80-79-88(3,4)5)96-85(90)78-76-74-72-70-68-66-64-62-60-58-56-54-52-50-47-37-35-33-31-29-27-25-23-21-19-17-15-13-11-9-7-2/h9,11,15,17,21,23,27,29,33,35,47,50,54,56,83,87H,6-8,10,12-14,16,18-20,22,24-26,28,30-32,34,36-46,48-49,51-53,55,57-82H2,1-5H3/p+1/b11-9-,17-15-,23-21-,29-27-,35-33-,50-47-,56-54-. The molecule has 0 heterocycles. The predicted octanol–water partition coefficient (Wildman–Crippen LogP) is 26.5. The van der Waals surface area contributed by atoms with E-state index in [4.69, 9.17) is 18.9 Å². The second-order valence-corrected chi connectivity index (χ2v) is 29.1. The van der Waals surface area contributed by atoms with Gasteiger partial charge in [0.1, 0.15) is 13.2 Å². The Balaban J connectivity index is 3.98. The van der Waals surface area contributed by atoms with E-state index in [-0.39, 0.29) is 32.2 Å². The van der Waals surface area contributed by atoms with E-state index >= 15 is 0 Å². The number of allylic oxidation sites excluding steroid dienone is 14. The Morgan fingerprint density at radius 1 is 0.323 bits per heavy atom. The fourth-order valence-corrected chi connectivity index (χ4v) is 12.2. The number of rotatable bonds is 77. The van der Waals surface area contributed by atoms with Gasteiger partial charge in [0.25, 0.3) is 6.29 Å². The van der Waals surface area contributed by atoms with Gasteiger partial charge in [0.15, 0.2) is 6.10 Å². The van der Waals surface area contributed by atoms with Crippen LogP contribution in [0.5, 0.6) is 0 Å². The number of carboxylic acid groups (broad SMARTS) is 1. The Morgan fingerprint density at radius 3 is 0.885 bits per heavy atom. The van der Waals surface area contributed by atoms with E-state index in [1.807, 2.05) is 21.1 Å². The minimum Gasteiger partial charge on any atom is -0.477 e. The number of nitrogens with zero attached hydrogens (tertiary/aromatic N) is 1. The Morgan fingerprint density at radius 2 is 0.594 bits per heavy atom. The van der Waals surface area contributed by atoms with Crippen LogP contribution in [0.3, 0.4) is 0 Å². The lowest BCUT2D eigenvalue weighted by Gasteiger charge is -2.25. The minimum atomic E-state index is -1.52.